The van der Waals surface area contributed by atoms with Crippen molar-refractivity contribution in [1.29, 1.82) is 0 Å². The molecule has 1 aromatic heterocycles. The number of pyridine rings is 1. The van der Waals surface area contributed by atoms with E-state index in [1.165, 1.54) is 0 Å². The summed E-state index contributed by atoms with van der Waals surface area (Å²) in [6.07, 6.45) is 1.66. The van der Waals surface area contributed by atoms with Gasteiger partial charge in [-0.05, 0) is 42.1 Å². The van der Waals surface area contributed by atoms with Gasteiger partial charge >= 0.3 is 0 Å². The molecule has 1 N–H and O–H groups in total. The highest BCUT2D eigenvalue weighted by atomic mass is 16.1. The molecule has 4 heteroatoms. The van der Waals surface area contributed by atoms with Crippen LogP contribution in [0.15, 0.2) is 54.7 Å². The third-order valence-corrected chi connectivity index (χ3v) is 3.83. The second-order valence-electron chi connectivity index (χ2n) is 5.73. The Hall–Kier alpha value is -2.88. The van der Waals surface area contributed by atoms with Gasteiger partial charge in [-0.25, -0.2) is 0 Å². The molecule has 2 aromatic carbocycles. The van der Waals surface area contributed by atoms with Crippen LogP contribution < -0.4 is 10.2 Å². The maximum Gasteiger partial charge on any atom is 0.274 e. The molecule has 1 heterocycles. The van der Waals surface area contributed by atoms with E-state index in [0.29, 0.717) is 5.69 Å². The Kier molecular flexibility index (Phi) is 3.98. The number of amides is 1. The average Bonchev–Trinajstić information content (AvgIpc) is 2.54. The molecule has 1 amide bonds. The molecule has 0 aliphatic rings. The van der Waals surface area contributed by atoms with E-state index in [0.717, 1.165) is 27.7 Å². The van der Waals surface area contributed by atoms with Crippen LogP contribution in [0.5, 0.6) is 0 Å². The molecule has 23 heavy (non-hydrogen) atoms. The van der Waals surface area contributed by atoms with Gasteiger partial charge in [0.05, 0.1) is 0 Å². The molecule has 0 radical (unpaired) electrons. The van der Waals surface area contributed by atoms with Gasteiger partial charge in [0.25, 0.3) is 5.91 Å². The Morgan fingerprint density at radius 2 is 1.87 bits per heavy atom. The first-order valence-electron chi connectivity index (χ1n) is 7.49. The molecule has 0 bridgehead atoms. The monoisotopic (exact) mass is 305 g/mol. The number of anilines is 2. The first kappa shape index (κ1) is 15.0. The summed E-state index contributed by atoms with van der Waals surface area (Å²) in [5.74, 6) is -0.196. The summed E-state index contributed by atoms with van der Waals surface area (Å²) in [6.45, 7) is 2.03. The molecule has 3 aromatic rings. The standard InChI is InChI=1S/C19H19N3O/c1-13-12-15(8-9-17(13)22(2)3)21-19(23)18-16-7-5-4-6-14(16)10-11-20-18/h4-12H,1-3H3,(H,21,23). The zero-order valence-corrected chi connectivity index (χ0v) is 13.5. The van der Waals surface area contributed by atoms with E-state index in [2.05, 4.69) is 10.3 Å². The molecule has 0 aliphatic carbocycles. The van der Waals surface area contributed by atoms with Gasteiger partial charge in [-0.3, -0.25) is 9.78 Å². The molecule has 4 nitrogen and oxygen atoms in total. The van der Waals surface area contributed by atoms with Gasteiger partial charge in [-0.1, -0.05) is 24.3 Å². The molecule has 0 unspecified atom stereocenters. The van der Waals surface area contributed by atoms with Crippen molar-refractivity contribution < 1.29 is 4.79 Å². The third kappa shape index (κ3) is 3.01. The van der Waals surface area contributed by atoms with E-state index < -0.39 is 0 Å². The van der Waals surface area contributed by atoms with Crippen molar-refractivity contribution in [2.45, 2.75) is 6.92 Å². The SMILES string of the molecule is Cc1cc(NC(=O)c2nccc3ccccc23)ccc1N(C)C. The predicted octanol–water partition coefficient (Wildman–Crippen LogP) is 3.86. The minimum absolute atomic E-state index is 0.196. The maximum atomic E-state index is 12.6. The van der Waals surface area contributed by atoms with Crippen LogP contribution in [-0.4, -0.2) is 25.0 Å². The lowest BCUT2D eigenvalue weighted by Gasteiger charge is -2.16. The third-order valence-electron chi connectivity index (χ3n) is 3.83. The van der Waals surface area contributed by atoms with Crippen LogP contribution in [0.4, 0.5) is 11.4 Å². The second kappa shape index (κ2) is 6.08. The fourth-order valence-electron chi connectivity index (χ4n) is 2.73. The van der Waals surface area contributed by atoms with E-state index in [-0.39, 0.29) is 5.91 Å². The maximum absolute atomic E-state index is 12.6. The van der Waals surface area contributed by atoms with Crippen molar-refractivity contribution in [3.05, 3.63) is 66.0 Å². The van der Waals surface area contributed by atoms with E-state index in [1.807, 2.05) is 74.4 Å². The lowest BCUT2D eigenvalue weighted by molar-refractivity contribution is 0.102. The summed E-state index contributed by atoms with van der Waals surface area (Å²) in [5, 5.41) is 4.80. The number of nitrogens with one attached hydrogen (secondary N) is 1. The molecular formula is C19H19N3O. The molecule has 0 atom stereocenters. The van der Waals surface area contributed by atoms with Crippen molar-refractivity contribution in [1.82, 2.24) is 4.98 Å². The Morgan fingerprint density at radius 3 is 2.61 bits per heavy atom. The van der Waals surface area contributed by atoms with E-state index in [4.69, 9.17) is 0 Å². The minimum atomic E-state index is -0.196. The number of aryl methyl sites for hydroxylation is 1. The van der Waals surface area contributed by atoms with Gasteiger partial charge in [0.2, 0.25) is 0 Å². The number of nitrogens with zero attached hydrogens (tertiary/aromatic N) is 2. The smallest absolute Gasteiger partial charge is 0.274 e. The molecule has 0 spiro atoms. The molecular weight excluding hydrogens is 286 g/mol. The van der Waals surface area contributed by atoms with Gasteiger partial charge in [0.1, 0.15) is 5.69 Å². The highest BCUT2D eigenvalue weighted by Crippen LogP contribution is 2.23. The first-order chi connectivity index (χ1) is 11.1. The van der Waals surface area contributed by atoms with Gasteiger partial charge in [-0.2, -0.15) is 0 Å². The van der Waals surface area contributed by atoms with E-state index >= 15 is 0 Å². The lowest BCUT2D eigenvalue weighted by atomic mass is 10.1. The molecule has 3 rings (SSSR count). The van der Waals surface area contributed by atoms with E-state index in [1.54, 1.807) is 6.20 Å². The number of carbonyl (C=O) groups excluding carboxylic acids is 1. The van der Waals surface area contributed by atoms with Crippen LogP contribution in [0.3, 0.4) is 0 Å². The number of fused-ring (bicyclic) bond motifs is 1. The number of aromatic nitrogens is 1. The number of benzene rings is 2. The van der Waals surface area contributed by atoms with Crippen LogP contribution in [0.25, 0.3) is 10.8 Å². The zero-order chi connectivity index (χ0) is 16.4. The van der Waals surface area contributed by atoms with Crippen molar-refractivity contribution >= 4 is 28.1 Å². The van der Waals surface area contributed by atoms with Crippen LogP contribution in [0.1, 0.15) is 16.1 Å². The van der Waals surface area contributed by atoms with Crippen molar-refractivity contribution in [3.63, 3.8) is 0 Å². The highest BCUT2D eigenvalue weighted by Gasteiger charge is 2.12. The zero-order valence-electron chi connectivity index (χ0n) is 13.5. The number of hydrogen-bond acceptors (Lipinski definition) is 3. The van der Waals surface area contributed by atoms with Gasteiger partial charge in [0, 0.05) is 37.1 Å². The predicted molar refractivity (Wildman–Crippen MR) is 95.2 cm³/mol. The van der Waals surface area contributed by atoms with Gasteiger partial charge in [0.15, 0.2) is 0 Å². The Bertz CT molecular complexity index is 866. The van der Waals surface area contributed by atoms with Crippen molar-refractivity contribution in [2.75, 3.05) is 24.3 Å². The number of carbonyl (C=O) groups is 1. The first-order valence-corrected chi connectivity index (χ1v) is 7.49. The van der Waals surface area contributed by atoms with Crippen LogP contribution in [0.2, 0.25) is 0 Å². The summed E-state index contributed by atoms with van der Waals surface area (Å²) in [6, 6.07) is 15.5. The van der Waals surface area contributed by atoms with Crippen molar-refractivity contribution in [2.24, 2.45) is 0 Å². The Balaban J connectivity index is 1.91. The molecule has 0 aliphatic heterocycles. The summed E-state index contributed by atoms with van der Waals surface area (Å²) in [7, 11) is 4.00. The normalized spacial score (nSPS) is 10.6. The van der Waals surface area contributed by atoms with Gasteiger partial charge in [-0.15, -0.1) is 0 Å². The summed E-state index contributed by atoms with van der Waals surface area (Å²) < 4.78 is 0. The van der Waals surface area contributed by atoms with E-state index in [9.17, 15) is 4.79 Å². The lowest BCUT2D eigenvalue weighted by Crippen LogP contribution is -2.15. The minimum Gasteiger partial charge on any atom is -0.377 e. The molecule has 116 valence electrons. The second-order valence-corrected chi connectivity index (χ2v) is 5.73. The summed E-state index contributed by atoms with van der Waals surface area (Å²) in [4.78, 5) is 18.9. The highest BCUT2D eigenvalue weighted by molar-refractivity contribution is 6.11. The Labute approximate surface area is 135 Å². The van der Waals surface area contributed by atoms with Gasteiger partial charge < -0.3 is 10.2 Å². The molecule has 0 saturated heterocycles. The van der Waals surface area contributed by atoms with Crippen molar-refractivity contribution in [3.8, 4) is 0 Å². The topological polar surface area (TPSA) is 45.2 Å². The van der Waals surface area contributed by atoms with Crippen LogP contribution >= 0.6 is 0 Å². The largest absolute Gasteiger partial charge is 0.377 e. The summed E-state index contributed by atoms with van der Waals surface area (Å²) in [5.41, 5.74) is 3.45. The molecule has 0 saturated carbocycles. The summed E-state index contributed by atoms with van der Waals surface area (Å²) >= 11 is 0. The fraction of sp³-hybridized carbons (Fsp3) is 0.158. The average molecular weight is 305 g/mol. The molecule has 0 fully saturated rings. The fourth-order valence-corrected chi connectivity index (χ4v) is 2.73. The number of rotatable bonds is 3. The quantitative estimate of drug-likeness (QED) is 0.799. The van der Waals surface area contributed by atoms with Crippen LogP contribution in [-0.2, 0) is 0 Å². The van der Waals surface area contributed by atoms with Crippen LogP contribution in [0, 0.1) is 6.92 Å². The number of hydrogen-bond donors (Lipinski definition) is 1. The Morgan fingerprint density at radius 1 is 1.09 bits per heavy atom.